The smallest absolute Gasteiger partial charge is 0.416 e. The second-order valence-corrected chi connectivity index (χ2v) is 3.89. The van der Waals surface area contributed by atoms with Gasteiger partial charge in [-0.15, -0.1) is 0 Å². The van der Waals surface area contributed by atoms with Gasteiger partial charge in [0, 0.05) is 18.8 Å². The van der Waals surface area contributed by atoms with E-state index in [0.717, 1.165) is 12.1 Å². The van der Waals surface area contributed by atoms with Gasteiger partial charge in [0.1, 0.15) is 6.10 Å². The summed E-state index contributed by atoms with van der Waals surface area (Å²) in [7, 11) is 0. The van der Waals surface area contributed by atoms with Gasteiger partial charge in [-0.1, -0.05) is 6.07 Å². The first-order chi connectivity index (χ1) is 8.45. The molecule has 1 fully saturated rings. The molecule has 1 aliphatic heterocycles. The summed E-state index contributed by atoms with van der Waals surface area (Å²) in [6.45, 7) is 1.13. The van der Waals surface area contributed by atoms with Crippen LogP contribution in [0.25, 0.3) is 0 Å². The van der Waals surface area contributed by atoms with Gasteiger partial charge in [0.2, 0.25) is 0 Å². The lowest BCUT2D eigenvalue weighted by Crippen LogP contribution is -2.49. The molecule has 1 aromatic rings. The van der Waals surface area contributed by atoms with Crippen LogP contribution in [0.1, 0.15) is 5.56 Å². The fourth-order valence-electron chi connectivity index (χ4n) is 1.42. The largest absolute Gasteiger partial charge is 0.443 e. The molecule has 18 heavy (non-hydrogen) atoms. The molecular formula is C11H11F3N2O2. The quantitative estimate of drug-likeness (QED) is 0.857. The normalized spacial score (nSPS) is 15.9. The van der Waals surface area contributed by atoms with Crippen molar-refractivity contribution in [3.8, 4) is 0 Å². The molecule has 2 rings (SSSR count). The molecule has 1 saturated heterocycles. The van der Waals surface area contributed by atoms with E-state index < -0.39 is 17.8 Å². The van der Waals surface area contributed by atoms with Gasteiger partial charge in [-0.2, -0.15) is 13.2 Å². The number of nitrogens with one attached hydrogen (secondary N) is 2. The van der Waals surface area contributed by atoms with Gasteiger partial charge in [-0.3, -0.25) is 5.32 Å². The van der Waals surface area contributed by atoms with Crippen LogP contribution in [0.15, 0.2) is 24.3 Å². The molecule has 0 spiro atoms. The van der Waals surface area contributed by atoms with Crippen LogP contribution in [0, 0.1) is 0 Å². The van der Waals surface area contributed by atoms with Crippen LogP contribution in [0.2, 0.25) is 0 Å². The summed E-state index contributed by atoms with van der Waals surface area (Å²) < 4.78 is 42.2. The van der Waals surface area contributed by atoms with Crippen molar-refractivity contribution in [1.82, 2.24) is 5.32 Å². The summed E-state index contributed by atoms with van der Waals surface area (Å²) >= 11 is 0. The monoisotopic (exact) mass is 260 g/mol. The summed E-state index contributed by atoms with van der Waals surface area (Å²) in [6, 6.07) is 4.39. The first-order valence-corrected chi connectivity index (χ1v) is 5.31. The van der Waals surface area contributed by atoms with Crippen molar-refractivity contribution in [2.45, 2.75) is 12.3 Å². The Hall–Kier alpha value is -1.76. The lowest BCUT2D eigenvalue weighted by molar-refractivity contribution is -0.137. The highest BCUT2D eigenvalue weighted by molar-refractivity contribution is 5.84. The minimum atomic E-state index is -4.43. The Morgan fingerprint density at radius 2 is 2.11 bits per heavy atom. The number of ether oxygens (including phenoxy) is 1. The number of rotatable bonds is 2. The Morgan fingerprint density at radius 1 is 1.39 bits per heavy atom. The molecule has 1 aromatic carbocycles. The maximum absolute atomic E-state index is 12.4. The number of carbonyl (C=O) groups is 1. The molecule has 0 aliphatic carbocycles. The zero-order valence-corrected chi connectivity index (χ0v) is 9.25. The van der Waals surface area contributed by atoms with Gasteiger partial charge in [-0.05, 0) is 18.2 Å². The van der Waals surface area contributed by atoms with E-state index in [0.29, 0.717) is 13.1 Å². The average Bonchev–Trinajstić information content (AvgIpc) is 2.23. The highest BCUT2D eigenvalue weighted by atomic mass is 19.4. The van der Waals surface area contributed by atoms with Crippen LogP contribution in [-0.4, -0.2) is 25.3 Å². The lowest BCUT2D eigenvalue weighted by Gasteiger charge is -2.26. The van der Waals surface area contributed by atoms with E-state index in [1.54, 1.807) is 0 Å². The van der Waals surface area contributed by atoms with E-state index in [-0.39, 0.29) is 11.8 Å². The molecule has 1 amide bonds. The van der Waals surface area contributed by atoms with Crippen molar-refractivity contribution < 1.29 is 22.7 Å². The van der Waals surface area contributed by atoms with Crippen molar-refractivity contribution in [2.75, 3.05) is 18.4 Å². The number of hydrogen-bond donors (Lipinski definition) is 2. The summed E-state index contributed by atoms with van der Waals surface area (Å²) in [5.41, 5.74) is -0.757. The van der Waals surface area contributed by atoms with Crippen molar-refractivity contribution in [2.24, 2.45) is 0 Å². The Kier molecular flexibility index (Phi) is 3.42. The van der Waals surface area contributed by atoms with E-state index in [1.165, 1.54) is 12.1 Å². The third-order valence-corrected chi connectivity index (χ3v) is 2.45. The Balaban J connectivity index is 1.98. The topological polar surface area (TPSA) is 50.4 Å². The zero-order chi connectivity index (χ0) is 13.2. The molecule has 0 unspecified atom stereocenters. The minimum absolute atomic E-state index is 0.0575. The van der Waals surface area contributed by atoms with E-state index in [4.69, 9.17) is 4.74 Å². The summed E-state index contributed by atoms with van der Waals surface area (Å²) in [4.78, 5) is 11.3. The molecule has 7 heteroatoms. The standard InChI is InChI=1S/C11H11F3N2O2/c12-11(13,14)7-2-1-3-8(4-7)16-10(17)18-9-5-15-6-9/h1-4,9,15H,5-6H2,(H,16,17). The maximum Gasteiger partial charge on any atom is 0.416 e. The molecule has 0 saturated carbocycles. The van der Waals surface area contributed by atoms with Gasteiger partial charge in [0.05, 0.1) is 5.56 Å². The summed E-state index contributed by atoms with van der Waals surface area (Å²) in [6.07, 6.45) is -5.39. The van der Waals surface area contributed by atoms with Crippen molar-refractivity contribution in [3.05, 3.63) is 29.8 Å². The van der Waals surface area contributed by atoms with E-state index in [2.05, 4.69) is 10.6 Å². The SMILES string of the molecule is O=C(Nc1cccc(C(F)(F)F)c1)OC1CNC1. The molecule has 1 heterocycles. The van der Waals surface area contributed by atoms with Crippen LogP contribution >= 0.6 is 0 Å². The number of alkyl halides is 3. The summed E-state index contributed by atoms with van der Waals surface area (Å²) in [5, 5.41) is 5.17. The second-order valence-electron chi connectivity index (χ2n) is 3.89. The van der Waals surface area contributed by atoms with Crippen molar-refractivity contribution >= 4 is 11.8 Å². The van der Waals surface area contributed by atoms with Crippen molar-refractivity contribution in [3.63, 3.8) is 0 Å². The molecule has 0 bridgehead atoms. The van der Waals surface area contributed by atoms with Gasteiger partial charge >= 0.3 is 12.3 Å². The number of amides is 1. The summed E-state index contributed by atoms with van der Waals surface area (Å²) in [5.74, 6) is 0. The fourth-order valence-corrected chi connectivity index (χ4v) is 1.42. The van der Waals surface area contributed by atoms with Crippen LogP contribution in [0.5, 0.6) is 0 Å². The second kappa shape index (κ2) is 4.85. The molecular weight excluding hydrogens is 249 g/mol. The number of benzene rings is 1. The number of carbonyl (C=O) groups excluding carboxylic acids is 1. The van der Waals surface area contributed by atoms with Gasteiger partial charge in [0.15, 0.2) is 0 Å². The molecule has 0 aromatic heterocycles. The van der Waals surface area contributed by atoms with Crippen molar-refractivity contribution in [1.29, 1.82) is 0 Å². The van der Waals surface area contributed by atoms with Crippen LogP contribution < -0.4 is 10.6 Å². The predicted molar refractivity (Wildman–Crippen MR) is 58.2 cm³/mol. The van der Waals surface area contributed by atoms with E-state index in [1.807, 2.05) is 0 Å². The highest BCUT2D eigenvalue weighted by Crippen LogP contribution is 2.30. The zero-order valence-electron chi connectivity index (χ0n) is 9.25. The minimum Gasteiger partial charge on any atom is -0.443 e. The molecule has 1 aliphatic rings. The number of anilines is 1. The van der Waals surface area contributed by atoms with Gasteiger partial charge < -0.3 is 10.1 Å². The van der Waals surface area contributed by atoms with Crippen LogP contribution in [0.4, 0.5) is 23.7 Å². The van der Waals surface area contributed by atoms with E-state index >= 15 is 0 Å². The Morgan fingerprint density at radius 3 is 2.67 bits per heavy atom. The molecule has 98 valence electrons. The fraction of sp³-hybridized carbons (Fsp3) is 0.364. The molecule has 4 nitrogen and oxygen atoms in total. The third kappa shape index (κ3) is 3.13. The number of halogens is 3. The Bertz CT molecular complexity index is 444. The molecule has 2 N–H and O–H groups in total. The highest BCUT2D eigenvalue weighted by Gasteiger charge is 2.30. The first kappa shape index (κ1) is 12.7. The Labute approximate surface area is 101 Å². The third-order valence-electron chi connectivity index (χ3n) is 2.45. The molecule has 0 atom stereocenters. The van der Waals surface area contributed by atoms with Crippen LogP contribution in [-0.2, 0) is 10.9 Å². The van der Waals surface area contributed by atoms with Crippen LogP contribution in [0.3, 0.4) is 0 Å². The number of hydrogen-bond acceptors (Lipinski definition) is 3. The first-order valence-electron chi connectivity index (χ1n) is 5.31. The van der Waals surface area contributed by atoms with Gasteiger partial charge in [0.25, 0.3) is 0 Å². The average molecular weight is 260 g/mol. The predicted octanol–water partition coefficient (Wildman–Crippen LogP) is 2.23. The van der Waals surface area contributed by atoms with E-state index in [9.17, 15) is 18.0 Å². The maximum atomic E-state index is 12.4. The molecule has 0 radical (unpaired) electrons. The van der Waals surface area contributed by atoms with Gasteiger partial charge in [-0.25, -0.2) is 4.79 Å². The lowest BCUT2D eigenvalue weighted by atomic mass is 10.2.